The lowest BCUT2D eigenvalue weighted by Gasteiger charge is -2.11. The van der Waals surface area contributed by atoms with E-state index in [9.17, 15) is 27.6 Å². The number of alkyl halides is 3. The molecule has 2 amide bonds. The topological polar surface area (TPSA) is 111 Å². The minimum Gasteiger partial charge on any atom is -0.452 e. The summed E-state index contributed by atoms with van der Waals surface area (Å²) in [5.74, 6) is -1.93. The van der Waals surface area contributed by atoms with Gasteiger partial charge in [0.05, 0.1) is 11.1 Å². The predicted octanol–water partition coefficient (Wildman–Crippen LogP) is 3.04. The van der Waals surface area contributed by atoms with Crippen LogP contribution in [0, 0.1) is 0 Å². The molecule has 0 aliphatic carbocycles. The summed E-state index contributed by atoms with van der Waals surface area (Å²) in [4.78, 5) is 34.7. The number of nitrogens with one attached hydrogen (secondary N) is 2. The SMILES string of the molecule is CC(=O)Nc1ccc(NC(=O)COC(=O)c2ccc(C(F)(F)F)cc2N)cc1. The Hall–Kier alpha value is -3.56. The molecule has 2 aromatic carbocycles. The number of nitrogen functional groups attached to an aromatic ring is 1. The number of ether oxygens (including phenoxy) is 1. The summed E-state index contributed by atoms with van der Waals surface area (Å²) < 4.78 is 42.6. The largest absolute Gasteiger partial charge is 0.452 e. The lowest BCUT2D eigenvalue weighted by molar-refractivity contribution is -0.137. The van der Waals surface area contributed by atoms with Gasteiger partial charge in [-0.3, -0.25) is 9.59 Å². The molecule has 28 heavy (non-hydrogen) atoms. The van der Waals surface area contributed by atoms with Crippen molar-refractivity contribution in [3.63, 3.8) is 0 Å². The summed E-state index contributed by atoms with van der Waals surface area (Å²) in [6.07, 6.45) is -4.59. The second-order valence-electron chi connectivity index (χ2n) is 5.68. The van der Waals surface area contributed by atoms with Crippen LogP contribution >= 0.6 is 0 Å². The van der Waals surface area contributed by atoms with Gasteiger partial charge in [-0.05, 0) is 42.5 Å². The van der Waals surface area contributed by atoms with Crippen LogP contribution in [0.15, 0.2) is 42.5 Å². The Labute approximate surface area is 157 Å². The number of benzene rings is 2. The molecule has 0 saturated heterocycles. The van der Waals surface area contributed by atoms with Crippen LogP contribution in [0.1, 0.15) is 22.8 Å². The molecule has 148 valence electrons. The standard InChI is InChI=1S/C18H16F3N3O4/c1-10(25)23-12-3-5-13(6-4-12)24-16(26)9-28-17(27)14-7-2-11(8-15(14)22)18(19,20)21/h2-8H,9,22H2,1H3,(H,23,25)(H,24,26). The van der Waals surface area contributed by atoms with E-state index in [4.69, 9.17) is 10.5 Å². The number of hydrogen-bond acceptors (Lipinski definition) is 5. The molecule has 0 spiro atoms. The molecule has 0 aliphatic heterocycles. The van der Waals surface area contributed by atoms with Crippen molar-refractivity contribution in [3.05, 3.63) is 53.6 Å². The fourth-order valence-electron chi connectivity index (χ4n) is 2.17. The van der Waals surface area contributed by atoms with Crippen molar-refractivity contribution in [1.82, 2.24) is 0 Å². The number of carbonyl (C=O) groups is 3. The Morgan fingerprint density at radius 1 is 1.00 bits per heavy atom. The first-order valence-electron chi connectivity index (χ1n) is 7.87. The van der Waals surface area contributed by atoms with Crippen LogP contribution in [0.3, 0.4) is 0 Å². The van der Waals surface area contributed by atoms with Crippen molar-refractivity contribution in [1.29, 1.82) is 0 Å². The molecule has 0 aromatic heterocycles. The fraction of sp³-hybridized carbons (Fsp3) is 0.167. The van der Waals surface area contributed by atoms with E-state index in [1.54, 1.807) is 12.1 Å². The zero-order valence-corrected chi connectivity index (χ0v) is 14.6. The summed E-state index contributed by atoms with van der Waals surface area (Å²) in [5.41, 5.74) is 4.71. The van der Waals surface area contributed by atoms with Gasteiger partial charge in [0.1, 0.15) is 0 Å². The number of hydrogen-bond donors (Lipinski definition) is 3. The minimum atomic E-state index is -4.59. The summed E-state index contributed by atoms with van der Waals surface area (Å²) in [6.45, 7) is 0.695. The average molecular weight is 395 g/mol. The lowest BCUT2D eigenvalue weighted by atomic mass is 10.1. The molecule has 7 nitrogen and oxygen atoms in total. The third-order valence-electron chi connectivity index (χ3n) is 3.42. The van der Waals surface area contributed by atoms with Gasteiger partial charge in [-0.2, -0.15) is 13.2 Å². The van der Waals surface area contributed by atoms with Crippen LogP contribution in [0.25, 0.3) is 0 Å². The normalized spacial score (nSPS) is 10.9. The summed E-state index contributed by atoms with van der Waals surface area (Å²) >= 11 is 0. The van der Waals surface area contributed by atoms with E-state index < -0.39 is 35.9 Å². The van der Waals surface area contributed by atoms with Crippen LogP contribution < -0.4 is 16.4 Å². The highest BCUT2D eigenvalue weighted by atomic mass is 19.4. The molecule has 0 unspecified atom stereocenters. The van der Waals surface area contributed by atoms with E-state index in [2.05, 4.69) is 10.6 Å². The molecule has 0 radical (unpaired) electrons. The molecule has 2 rings (SSSR count). The third-order valence-corrected chi connectivity index (χ3v) is 3.42. The Morgan fingerprint density at radius 3 is 2.07 bits per heavy atom. The quantitative estimate of drug-likeness (QED) is 0.532. The number of rotatable bonds is 5. The first kappa shape index (κ1) is 20.7. The predicted molar refractivity (Wildman–Crippen MR) is 95.5 cm³/mol. The molecule has 0 atom stereocenters. The second-order valence-corrected chi connectivity index (χ2v) is 5.68. The van der Waals surface area contributed by atoms with Gasteiger partial charge >= 0.3 is 12.1 Å². The molecule has 0 fully saturated rings. The molecular weight excluding hydrogens is 379 g/mol. The number of halogens is 3. The summed E-state index contributed by atoms with van der Waals surface area (Å²) in [6, 6.07) is 8.38. The van der Waals surface area contributed by atoms with Crippen LogP contribution in [0.5, 0.6) is 0 Å². The van der Waals surface area contributed by atoms with Crippen LogP contribution in [0.2, 0.25) is 0 Å². The van der Waals surface area contributed by atoms with Gasteiger partial charge in [-0.1, -0.05) is 0 Å². The minimum absolute atomic E-state index is 0.244. The van der Waals surface area contributed by atoms with Crippen LogP contribution in [-0.2, 0) is 20.5 Å². The molecule has 10 heteroatoms. The Bertz CT molecular complexity index is 896. The van der Waals surface area contributed by atoms with Gasteiger partial charge in [0.15, 0.2) is 6.61 Å². The second kappa shape index (κ2) is 8.42. The first-order chi connectivity index (χ1) is 13.1. The highest BCUT2D eigenvalue weighted by Crippen LogP contribution is 2.31. The van der Waals surface area contributed by atoms with E-state index >= 15 is 0 Å². The number of anilines is 3. The highest BCUT2D eigenvalue weighted by molar-refractivity contribution is 5.98. The molecular formula is C18H16F3N3O4. The van der Waals surface area contributed by atoms with Crippen molar-refractivity contribution >= 4 is 34.8 Å². The molecule has 0 heterocycles. The van der Waals surface area contributed by atoms with E-state index in [1.165, 1.54) is 19.1 Å². The smallest absolute Gasteiger partial charge is 0.416 e. The van der Waals surface area contributed by atoms with Gasteiger partial charge in [0, 0.05) is 24.0 Å². The molecule has 2 aromatic rings. The van der Waals surface area contributed by atoms with Crippen molar-refractivity contribution < 1.29 is 32.3 Å². The maximum Gasteiger partial charge on any atom is 0.416 e. The average Bonchev–Trinajstić information content (AvgIpc) is 2.60. The van der Waals surface area contributed by atoms with E-state index in [1.807, 2.05) is 0 Å². The van der Waals surface area contributed by atoms with Gasteiger partial charge in [-0.15, -0.1) is 0 Å². The maximum atomic E-state index is 12.6. The molecule has 0 aliphatic rings. The summed E-state index contributed by atoms with van der Waals surface area (Å²) in [7, 11) is 0. The van der Waals surface area contributed by atoms with E-state index in [0.717, 1.165) is 6.07 Å². The van der Waals surface area contributed by atoms with E-state index in [0.29, 0.717) is 23.5 Å². The summed E-state index contributed by atoms with van der Waals surface area (Å²) in [5, 5.41) is 5.02. The molecule has 4 N–H and O–H groups in total. The first-order valence-corrected chi connectivity index (χ1v) is 7.87. The van der Waals surface area contributed by atoms with Gasteiger partial charge in [0.25, 0.3) is 5.91 Å². The molecule has 0 saturated carbocycles. The zero-order valence-electron chi connectivity index (χ0n) is 14.6. The maximum absolute atomic E-state index is 12.6. The van der Waals surface area contributed by atoms with Crippen molar-refractivity contribution in [2.75, 3.05) is 23.0 Å². The number of amides is 2. The fourth-order valence-corrected chi connectivity index (χ4v) is 2.17. The monoisotopic (exact) mass is 395 g/mol. The lowest BCUT2D eigenvalue weighted by Crippen LogP contribution is -2.21. The van der Waals surface area contributed by atoms with E-state index in [-0.39, 0.29) is 11.5 Å². The zero-order chi connectivity index (χ0) is 20.9. The van der Waals surface area contributed by atoms with Crippen molar-refractivity contribution in [3.8, 4) is 0 Å². The third kappa shape index (κ3) is 5.73. The highest BCUT2D eigenvalue weighted by Gasteiger charge is 2.31. The van der Waals surface area contributed by atoms with Gasteiger partial charge < -0.3 is 21.1 Å². The Kier molecular flexibility index (Phi) is 6.24. The number of nitrogens with two attached hydrogens (primary N) is 1. The van der Waals surface area contributed by atoms with Crippen molar-refractivity contribution in [2.45, 2.75) is 13.1 Å². The van der Waals surface area contributed by atoms with Gasteiger partial charge in [0.2, 0.25) is 5.91 Å². The van der Waals surface area contributed by atoms with Crippen molar-refractivity contribution in [2.24, 2.45) is 0 Å². The number of carbonyl (C=O) groups excluding carboxylic acids is 3. The van der Waals surface area contributed by atoms with Gasteiger partial charge in [-0.25, -0.2) is 4.79 Å². The van der Waals surface area contributed by atoms with Crippen LogP contribution in [-0.4, -0.2) is 24.4 Å². The Morgan fingerprint density at radius 2 is 1.57 bits per heavy atom. The Balaban J connectivity index is 1.92. The van der Waals surface area contributed by atoms with Crippen LogP contribution in [0.4, 0.5) is 30.2 Å². The molecule has 0 bridgehead atoms. The number of esters is 1.